The van der Waals surface area contributed by atoms with Crippen LogP contribution in [-0.4, -0.2) is 60.9 Å². The number of unbranched alkanes of at least 4 members (excludes halogenated alkanes) is 30. The molecule has 0 aliphatic heterocycles. The fourth-order valence-electron chi connectivity index (χ4n) is 9.15. The van der Waals surface area contributed by atoms with Gasteiger partial charge in [-0.3, -0.25) is 0 Å². The Balaban J connectivity index is 2.05. The maximum atomic E-state index is 15.6. The molecule has 0 aromatic heterocycles. The van der Waals surface area contributed by atoms with Crippen molar-refractivity contribution in [2.24, 2.45) is 0 Å². The van der Waals surface area contributed by atoms with Crippen LogP contribution in [0.25, 0.3) is 0 Å². The van der Waals surface area contributed by atoms with Crippen LogP contribution in [0.15, 0.2) is 36.4 Å². The van der Waals surface area contributed by atoms with Crippen LogP contribution in [0.3, 0.4) is 0 Å². The quantitative estimate of drug-likeness (QED) is 0.0392. The lowest BCUT2D eigenvalue weighted by atomic mass is 9.69. The van der Waals surface area contributed by atoms with E-state index in [2.05, 4.69) is 37.5 Å². The van der Waals surface area contributed by atoms with Crippen molar-refractivity contribution >= 4 is 11.9 Å². The average Bonchev–Trinajstić information content (AvgIpc) is 3.32. The van der Waals surface area contributed by atoms with Gasteiger partial charge in [0.05, 0.1) is 11.1 Å². The summed E-state index contributed by atoms with van der Waals surface area (Å²) < 4.78 is 105. The fraction of sp³-hybridized carbons (Fsp3) is 0.695. The highest BCUT2D eigenvalue weighted by Gasteiger charge is 2.73. The zero-order valence-electron chi connectivity index (χ0n) is 43.2. The van der Waals surface area contributed by atoms with Crippen molar-refractivity contribution < 1.29 is 55.6 Å². The molecule has 2 aromatic rings. The van der Waals surface area contributed by atoms with Crippen LogP contribution in [0, 0.1) is 23.7 Å². The van der Waals surface area contributed by atoms with Gasteiger partial charge in [0.25, 0.3) is 0 Å². The van der Waals surface area contributed by atoms with E-state index in [4.69, 9.17) is 9.47 Å². The van der Waals surface area contributed by atoms with Gasteiger partial charge in [-0.1, -0.05) is 242 Å². The Labute approximate surface area is 423 Å². The van der Waals surface area contributed by atoms with Gasteiger partial charge < -0.3 is 19.7 Å². The molecule has 0 amide bonds. The minimum absolute atomic E-state index is 0.283. The number of rotatable bonds is 40. The van der Waals surface area contributed by atoms with Gasteiger partial charge >= 0.3 is 24.3 Å². The summed E-state index contributed by atoms with van der Waals surface area (Å²) in [6.07, 6.45) is 26.1. The molecule has 0 heterocycles. The Bertz CT molecular complexity index is 1750. The molecule has 0 radical (unpaired) electrons. The molecule has 0 saturated heterocycles. The molecule has 0 aliphatic rings. The number of carboxylic acid groups (broad SMARTS) is 2. The minimum Gasteiger partial charge on any atom is -0.478 e. The van der Waals surface area contributed by atoms with Gasteiger partial charge in [-0.2, -0.15) is 26.3 Å². The van der Waals surface area contributed by atoms with Crippen molar-refractivity contribution in [3.05, 3.63) is 69.8 Å². The molecule has 71 heavy (non-hydrogen) atoms. The number of ether oxygens (including phenoxy) is 2. The normalized spacial score (nSPS) is 11.8. The third kappa shape index (κ3) is 25.0. The summed E-state index contributed by atoms with van der Waals surface area (Å²) in [7, 11) is 0. The number of halogens is 6. The van der Waals surface area contributed by atoms with E-state index in [1.54, 1.807) is 0 Å². The predicted octanol–water partition coefficient (Wildman–Crippen LogP) is 17.8. The fourth-order valence-corrected chi connectivity index (χ4v) is 9.15. The van der Waals surface area contributed by atoms with E-state index in [0.29, 0.717) is 49.2 Å². The number of hydrogen-bond acceptors (Lipinski definition) is 4. The van der Waals surface area contributed by atoms with Gasteiger partial charge in [0, 0.05) is 24.3 Å². The second-order valence-corrected chi connectivity index (χ2v) is 19.2. The largest absolute Gasteiger partial charge is 0.478 e. The van der Waals surface area contributed by atoms with E-state index in [1.807, 2.05) is 0 Å². The predicted molar refractivity (Wildman–Crippen MR) is 274 cm³/mol. The highest BCUT2D eigenvalue weighted by molar-refractivity contribution is 5.89. The van der Waals surface area contributed by atoms with Gasteiger partial charge in [-0.25, -0.2) is 9.59 Å². The molecular formula is C59H86F6O6. The summed E-state index contributed by atoms with van der Waals surface area (Å²) in [6, 6.07) is 3.61. The topological polar surface area (TPSA) is 93.1 Å². The first-order chi connectivity index (χ1) is 34.2. The van der Waals surface area contributed by atoms with E-state index < -0.39 is 63.1 Å². The highest BCUT2D eigenvalue weighted by Crippen LogP contribution is 2.57. The Kier molecular flexibility index (Phi) is 33.5. The number of alkyl halides is 6. The molecule has 2 aromatic carbocycles. The molecule has 2 rings (SSSR count). The van der Waals surface area contributed by atoms with Crippen molar-refractivity contribution in [1.29, 1.82) is 0 Å². The Hall–Kier alpha value is -4.00. The van der Waals surface area contributed by atoms with Crippen LogP contribution in [-0.2, 0) is 14.9 Å². The molecule has 6 nitrogen and oxygen atoms in total. The van der Waals surface area contributed by atoms with E-state index in [1.165, 1.54) is 141 Å². The van der Waals surface area contributed by atoms with Crippen LogP contribution < -0.4 is 0 Å². The standard InChI is InChI=1S/C59H86F6O6/c1-3-5-7-9-11-13-15-17-19-21-23-25-27-29-31-33-43-70-45-35-37-49-47-51(55(66)67)39-41-53(49)57(58(60,61)62,59(63,64)65)54-42-40-52(56(68)69)48-50(54)38-36-46-71-44-34-32-30-28-26-24-22-20-18-16-14-12-10-8-6-4-2/h39-42,47-48H,3-34,43-46H2,1-2H3,(H,66,67)(H,68,69). The zero-order chi connectivity index (χ0) is 52.1. The van der Waals surface area contributed by atoms with Crippen LogP contribution in [0.4, 0.5) is 26.3 Å². The summed E-state index contributed by atoms with van der Waals surface area (Å²) >= 11 is 0. The van der Waals surface area contributed by atoms with Crippen LogP contribution in [0.1, 0.15) is 262 Å². The number of benzene rings is 2. The lowest BCUT2D eigenvalue weighted by molar-refractivity contribution is -0.288. The average molecular weight is 1010 g/mol. The number of carboxylic acids is 2. The molecule has 12 heteroatoms. The summed E-state index contributed by atoms with van der Waals surface area (Å²) in [5.41, 5.74) is -10.4. The first-order valence-electron chi connectivity index (χ1n) is 27.2. The van der Waals surface area contributed by atoms with Gasteiger partial charge in [0.2, 0.25) is 5.41 Å². The van der Waals surface area contributed by atoms with E-state index in [0.717, 1.165) is 51.4 Å². The van der Waals surface area contributed by atoms with Crippen molar-refractivity contribution in [1.82, 2.24) is 0 Å². The van der Waals surface area contributed by atoms with Gasteiger partial charge in [-0.15, -0.1) is 0 Å². The molecular weight excluding hydrogens is 919 g/mol. The van der Waals surface area contributed by atoms with Crippen LogP contribution in [0.2, 0.25) is 0 Å². The second-order valence-electron chi connectivity index (χ2n) is 19.2. The zero-order valence-corrected chi connectivity index (χ0v) is 43.2. The maximum absolute atomic E-state index is 15.6. The number of carbonyl (C=O) groups is 2. The van der Waals surface area contributed by atoms with Crippen molar-refractivity contribution in [2.75, 3.05) is 26.4 Å². The molecule has 400 valence electrons. The lowest BCUT2D eigenvalue weighted by Gasteiger charge is -2.39. The summed E-state index contributed by atoms with van der Waals surface area (Å²) in [5.74, 6) is 6.53. The first-order valence-corrected chi connectivity index (χ1v) is 27.2. The number of aromatic carboxylic acids is 2. The van der Waals surface area contributed by atoms with Crippen molar-refractivity contribution in [3.8, 4) is 23.7 Å². The molecule has 0 atom stereocenters. The third-order valence-corrected chi connectivity index (χ3v) is 13.3. The van der Waals surface area contributed by atoms with E-state index in [-0.39, 0.29) is 26.4 Å². The summed E-state index contributed by atoms with van der Waals surface area (Å²) in [6.45, 7) is 4.40. The van der Waals surface area contributed by atoms with E-state index >= 15 is 26.3 Å². The highest BCUT2D eigenvalue weighted by atomic mass is 19.4. The monoisotopic (exact) mass is 1000 g/mol. The van der Waals surface area contributed by atoms with Crippen LogP contribution in [0.5, 0.6) is 0 Å². The molecule has 0 bridgehead atoms. The van der Waals surface area contributed by atoms with Gasteiger partial charge in [-0.05, 0) is 48.2 Å². The Morgan fingerprint density at radius 1 is 0.423 bits per heavy atom. The molecule has 2 N–H and O–H groups in total. The van der Waals surface area contributed by atoms with Crippen LogP contribution >= 0.6 is 0 Å². The number of hydrogen-bond donors (Lipinski definition) is 2. The Morgan fingerprint density at radius 3 is 0.915 bits per heavy atom. The SMILES string of the molecule is CCCCCCCCCCCCCCCCCCOCC#Cc1cc(C(=O)O)ccc1C(c1ccc(C(=O)O)cc1C#CCOCCCCCCCCCCCCCCCCCC)(C(F)(F)F)C(F)(F)F. The van der Waals surface area contributed by atoms with Gasteiger partial charge in [0.1, 0.15) is 13.2 Å². The second kappa shape index (κ2) is 37.7. The van der Waals surface area contributed by atoms with E-state index in [9.17, 15) is 19.8 Å². The minimum atomic E-state index is -6.10. The summed E-state index contributed by atoms with van der Waals surface area (Å²) in [5, 5.41) is 19.4. The summed E-state index contributed by atoms with van der Waals surface area (Å²) in [4.78, 5) is 23.9. The third-order valence-electron chi connectivity index (χ3n) is 13.3. The Morgan fingerprint density at radius 2 is 0.676 bits per heavy atom. The molecule has 0 saturated carbocycles. The molecule has 0 fully saturated rings. The maximum Gasteiger partial charge on any atom is 0.411 e. The smallest absolute Gasteiger partial charge is 0.411 e. The molecule has 0 spiro atoms. The molecule has 0 aliphatic carbocycles. The molecule has 0 unspecified atom stereocenters. The lowest BCUT2D eigenvalue weighted by Crippen LogP contribution is -2.55. The van der Waals surface area contributed by atoms with Crippen molar-refractivity contribution in [3.63, 3.8) is 0 Å². The van der Waals surface area contributed by atoms with Crippen molar-refractivity contribution in [2.45, 2.75) is 237 Å². The first kappa shape index (κ1) is 63.1. The van der Waals surface area contributed by atoms with Gasteiger partial charge in [0.15, 0.2) is 0 Å².